The summed E-state index contributed by atoms with van der Waals surface area (Å²) in [6.07, 6.45) is 3.18. The fourth-order valence-electron chi connectivity index (χ4n) is 4.18. The molecule has 6 heteroatoms. The summed E-state index contributed by atoms with van der Waals surface area (Å²) >= 11 is 0. The van der Waals surface area contributed by atoms with Crippen LogP contribution in [-0.4, -0.2) is 35.7 Å². The summed E-state index contributed by atoms with van der Waals surface area (Å²) in [4.78, 5) is 29.5. The number of nitrogens with zero attached hydrogens (tertiary/aromatic N) is 2. The Morgan fingerprint density at radius 1 is 1.24 bits per heavy atom. The third-order valence-electron chi connectivity index (χ3n) is 5.97. The molecule has 1 saturated heterocycles. The molecule has 2 aliphatic rings. The number of fused-ring (bicyclic) bond motifs is 1. The number of nitrogens with one attached hydrogen (secondary N) is 2. The molecule has 2 aromatic rings. The highest BCUT2D eigenvalue weighted by Crippen LogP contribution is 2.38. The van der Waals surface area contributed by atoms with Gasteiger partial charge in [-0.2, -0.15) is 0 Å². The molecule has 1 aromatic carbocycles. The molecule has 0 spiro atoms. The van der Waals surface area contributed by atoms with Gasteiger partial charge in [0.15, 0.2) is 0 Å². The lowest BCUT2D eigenvalue weighted by molar-refractivity contribution is 0.429. The first-order valence-corrected chi connectivity index (χ1v) is 9.21. The zero-order valence-corrected chi connectivity index (χ0v) is 15.1. The molecule has 6 nitrogen and oxygen atoms in total. The largest absolute Gasteiger partial charge is 0.371 e. The van der Waals surface area contributed by atoms with E-state index in [4.69, 9.17) is 0 Å². The zero-order valence-electron chi connectivity index (χ0n) is 15.1. The van der Waals surface area contributed by atoms with Gasteiger partial charge < -0.3 is 10.2 Å². The number of hydrogen-bond acceptors (Lipinski definition) is 4. The Kier molecular flexibility index (Phi) is 3.95. The molecule has 0 amide bonds. The van der Waals surface area contributed by atoms with E-state index in [1.807, 2.05) is 26.1 Å². The van der Waals surface area contributed by atoms with Gasteiger partial charge in [0.25, 0.3) is 5.56 Å². The number of benzene rings is 1. The number of aromatic nitrogens is 2. The summed E-state index contributed by atoms with van der Waals surface area (Å²) in [5.41, 5.74) is 2.46. The van der Waals surface area contributed by atoms with Crippen molar-refractivity contribution in [2.75, 3.05) is 25.0 Å². The molecule has 4 rings (SSSR count). The first-order valence-electron chi connectivity index (χ1n) is 9.21. The Morgan fingerprint density at radius 3 is 2.68 bits per heavy atom. The second-order valence-corrected chi connectivity index (χ2v) is 7.54. The van der Waals surface area contributed by atoms with E-state index < -0.39 is 0 Å². The number of aromatic amines is 1. The normalized spacial score (nSPS) is 21.9. The van der Waals surface area contributed by atoms with E-state index in [1.165, 1.54) is 0 Å². The Labute approximate surface area is 146 Å². The van der Waals surface area contributed by atoms with E-state index in [1.54, 1.807) is 4.57 Å². The quantitative estimate of drug-likeness (QED) is 0.888. The molecule has 2 heterocycles. The van der Waals surface area contributed by atoms with E-state index in [0.29, 0.717) is 17.3 Å². The van der Waals surface area contributed by atoms with Gasteiger partial charge in [0.2, 0.25) is 0 Å². The van der Waals surface area contributed by atoms with Gasteiger partial charge in [0.05, 0.1) is 10.9 Å². The van der Waals surface area contributed by atoms with E-state index in [9.17, 15) is 9.59 Å². The minimum absolute atomic E-state index is 0.233. The van der Waals surface area contributed by atoms with Crippen LogP contribution in [0.1, 0.15) is 37.8 Å². The van der Waals surface area contributed by atoms with E-state index >= 15 is 0 Å². The van der Waals surface area contributed by atoms with Crippen LogP contribution in [0.2, 0.25) is 0 Å². The predicted octanol–water partition coefficient (Wildman–Crippen LogP) is 1.77. The summed E-state index contributed by atoms with van der Waals surface area (Å²) in [6.45, 7) is 6.29. The van der Waals surface area contributed by atoms with E-state index in [2.05, 4.69) is 22.1 Å². The van der Waals surface area contributed by atoms with Crippen LogP contribution in [0, 0.1) is 12.8 Å². The number of rotatable bonds is 4. The Bertz CT molecular complexity index is 925. The number of H-pyrrole nitrogens is 1. The SMILES string of the molecule is CNC(C)C1CCN(c2ccc3c(=O)[nH]c(=O)n(C4CC4)c3c2C)C1. The summed E-state index contributed by atoms with van der Waals surface area (Å²) in [7, 11) is 2.01. The van der Waals surface area contributed by atoms with Crippen molar-refractivity contribution in [3.05, 3.63) is 38.5 Å². The zero-order chi connectivity index (χ0) is 17.7. The third-order valence-corrected chi connectivity index (χ3v) is 5.97. The molecule has 2 N–H and O–H groups in total. The molecule has 2 fully saturated rings. The van der Waals surface area contributed by atoms with E-state index in [-0.39, 0.29) is 17.3 Å². The van der Waals surface area contributed by atoms with Crippen LogP contribution in [0.4, 0.5) is 5.69 Å². The monoisotopic (exact) mass is 342 g/mol. The fourth-order valence-corrected chi connectivity index (χ4v) is 4.18. The molecule has 2 unspecified atom stereocenters. The number of hydrogen-bond donors (Lipinski definition) is 2. The van der Waals surface area contributed by atoms with Crippen molar-refractivity contribution in [1.82, 2.24) is 14.9 Å². The summed E-state index contributed by atoms with van der Waals surface area (Å²) < 4.78 is 1.80. The molecule has 0 radical (unpaired) electrons. The number of aryl methyl sites for hydroxylation is 1. The van der Waals surface area contributed by atoms with Crippen molar-refractivity contribution in [3.8, 4) is 0 Å². The maximum absolute atomic E-state index is 12.4. The van der Waals surface area contributed by atoms with Crippen molar-refractivity contribution in [3.63, 3.8) is 0 Å². The van der Waals surface area contributed by atoms with Crippen LogP contribution in [0.3, 0.4) is 0 Å². The maximum Gasteiger partial charge on any atom is 0.329 e. The lowest BCUT2D eigenvalue weighted by atomic mass is 10.0. The Hall–Kier alpha value is -2.08. The van der Waals surface area contributed by atoms with Crippen molar-refractivity contribution in [2.45, 2.75) is 45.2 Å². The van der Waals surface area contributed by atoms with Gasteiger partial charge in [-0.3, -0.25) is 14.3 Å². The van der Waals surface area contributed by atoms with Crippen LogP contribution in [0.5, 0.6) is 0 Å². The Morgan fingerprint density at radius 2 is 2.00 bits per heavy atom. The average molecular weight is 342 g/mol. The summed E-state index contributed by atoms with van der Waals surface area (Å²) in [6, 6.07) is 4.64. The van der Waals surface area contributed by atoms with Crippen molar-refractivity contribution in [2.24, 2.45) is 5.92 Å². The Balaban J connectivity index is 1.82. The van der Waals surface area contributed by atoms with Crippen LogP contribution in [0.25, 0.3) is 10.9 Å². The first-order chi connectivity index (χ1) is 12.0. The first kappa shape index (κ1) is 16.4. The van der Waals surface area contributed by atoms with Crippen molar-refractivity contribution >= 4 is 16.6 Å². The van der Waals surface area contributed by atoms with Crippen molar-refractivity contribution in [1.29, 1.82) is 0 Å². The molecule has 0 bridgehead atoms. The average Bonchev–Trinajstić information content (AvgIpc) is 3.30. The summed E-state index contributed by atoms with van der Waals surface area (Å²) in [5, 5.41) is 3.97. The minimum Gasteiger partial charge on any atom is -0.371 e. The molecular formula is C19H26N4O2. The number of anilines is 1. The topological polar surface area (TPSA) is 70.1 Å². The van der Waals surface area contributed by atoms with Crippen LogP contribution in [-0.2, 0) is 0 Å². The van der Waals surface area contributed by atoms with Gasteiger partial charge in [-0.05, 0) is 63.8 Å². The van der Waals surface area contributed by atoms with Crippen LogP contribution in [0.15, 0.2) is 21.7 Å². The lowest BCUT2D eigenvalue weighted by Gasteiger charge is -2.24. The van der Waals surface area contributed by atoms with E-state index in [0.717, 1.165) is 49.1 Å². The maximum atomic E-state index is 12.4. The predicted molar refractivity (Wildman–Crippen MR) is 101 cm³/mol. The molecule has 1 aliphatic carbocycles. The molecular weight excluding hydrogens is 316 g/mol. The molecule has 2 atom stereocenters. The van der Waals surface area contributed by atoms with Gasteiger partial charge in [-0.1, -0.05) is 0 Å². The van der Waals surface area contributed by atoms with Crippen molar-refractivity contribution < 1.29 is 0 Å². The highest BCUT2D eigenvalue weighted by atomic mass is 16.2. The standard InChI is InChI=1S/C19H26N4O2/c1-11-16(22-9-8-13(10-22)12(2)20-3)7-6-15-17(11)23(14-4-5-14)19(25)21-18(15)24/h6-7,12-14,20H,4-5,8-10H2,1-3H3,(H,21,24,25). The highest BCUT2D eigenvalue weighted by Gasteiger charge is 2.30. The molecule has 134 valence electrons. The molecule has 25 heavy (non-hydrogen) atoms. The van der Waals surface area contributed by atoms with Gasteiger partial charge >= 0.3 is 5.69 Å². The smallest absolute Gasteiger partial charge is 0.329 e. The molecule has 1 aromatic heterocycles. The highest BCUT2D eigenvalue weighted by molar-refractivity contribution is 5.86. The van der Waals surface area contributed by atoms with Gasteiger partial charge in [-0.15, -0.1) is 0 Å². The lowest BCUT2D eigenvalue weighted by Crippen LogP contribution is -2.33. The van der Waals surface area contributed by atoms with Crippen LogP contribution >= 0.6 is 0 Å². The fraction of sp³-hybridized carbons (Fsp3) is 0.579. The molecule has 1 aliphatic heterocycles. The third kappa shape index (κ3) is 2.68. The second-order valence-electron chi connectivity index (χ2n) is 7.54. The minimum atomic E-state index is -0.283. The van der Waals surface area contributed by atoms with Gasteiger partial charge in [-0.25, -0.2) is 4.79 Å². The van der Waals surface area contributed by atoms with Gasteiger partial charge in [0, 0.05) is 30.9 Å². The van der Waals surface area contributed by atoms with Crippen LogP contribution < -0.4 is 21.5 Å². The summed E-state index contributed by atoms with van der Waals surface area (Å²) in [5.74, 6) is 0.616. The van der Waals surface area contributed by atoms with Gasteiger partial charge in [0.1, 0.15) is 0 Å². The second kappa shape index (κ2) is 6.02. The molecule has 1 saturated carbocycles.